The summed E-state index contributed by atoms with van der Waals surface area (Å²) in [6.45, 7) is 12.5. The first-order valence-electron chi connectivity index (χ1n) is 9.86. The largest absolute Gasteiger partial charge is 0.306 e. The van der Waals surface area contributed by atoms with Gasteiger partial charge in [-0.15, -0.1) is 0 Å². The Morgan fingerprint density at radius 1 is 1.19 bits per heavy atom. The van der Waals surface area contributed by atoms with Crippen molar-refractivity contribution in [3.8, 4) is 0 Å². The standard InChI is InChI=1S/C20H33N3O3S/c1-7-15(4)21(9-3)20(8-2)27(25,26)22-14-16(5)23(17(6)24)19-13-11-10-12-18(19)22/h10-13,15-16,20H,7-9,14H2,1-6H3/t15?,16-,20?/m0/s1. The molecule has 152 valence electrons. The quantitative estimate of drug-likeness (QED) is 0.710. The molecule has 0 bridgehead atoms. The van der Waals surface area contributed by atoms with Gasteiger partial charge in [-0.05, 0) is 45.4 Å². The van der Waals surface area contributed by atoms with Gasteiger partial charge in [-0.3, -0.25) is 14.0 Å². The second-order valence-corrected chi connectivity index (χ2v) is 9.27. The van der Waals surface area contributed by atoms with E-state index >= 15 is 0 Å². The highest BCUT2D eigenvalue weighted by molar-refractivity contribution is 7.93. The number of carbonyl (C=O) groups is 1. The maximum Gasteiger partial charge on any atom is 0.251 e. The fourth-order valence-electron chi connectivity index (χ4n) is 4.05. The summed E-state index contributed by atoms with van der Waals surface area (Å²) in [5.41, 5.74) is 1.25. The lowest BCUT2D eigenvalue weighted by molar-refractivity contribution is -0.117. The number of fused-ring (bicyclic) bond motifs is 1. The van der Waals surface area contributed by atoms with Crippen molar-refractivity contribution in [3.05, 3.63) is 24.3 Å². The van der Waals surface area contributed by atoms with Crippen LogP contribution in [0.25, 0.3) is 0 Å². The average Bonchev–Trinajstić information content (AvgIpc) is 2.63. The molecule has 1 aromatic rings. The molecule has 0 fully saturated rings. The van der Waals surface area contributed by atoms with Crippen molar-refractivity contribution in [1.29, 1.82) is 0 Å². The summed E-state index contributed by atoms with van der Waals surface area (Å²) in [4.78, 5) is 15.9. The van der Waals surface area contributed by atoms with Crippen LogP contribution in [-0.2, 0) is 14.8 Å². The van der Waals surface area contributed by atoms with Crippen molar-refractivity contribution < 1.29 is 13.2 Å². The van der Waals surface area contributed by atoms with Crippen molar-refractivity contribution in [2.75, 3.05) is 22.3 Å². The molecule has 27 heavy (non-hydrogen) atoms. The van der Waals surface area contributed by atoms with Gasteiger partial charge in [0, 0.05) is 13.0 Å². The highest BCUT2D eigenvalue weighted by atomic mass is 32.2. The minimum Gasteiger partial charge on any atom is -0.306 e. The third-order valence-corrected chi connectivity index (χ3v) is 7.76. The summed E-state index contributed by atoms with van der Waals surface area (Å²) < 4.78 is 28.9. The lowest BCUT2D eigenvalue weighted by Gasteiger charge is -2.44. The first-order valence-corrected chi connectivity index (χ1v) is 11.4. The van der Waals surface area contributed by atoms with Crippen LogP contribution >= 0.6 is 0 Å². The van der Waals surface area contributed by atoms with E-state index in [1.54, 1.807) is 11.0 Å². The van der Waals surface area contributed by atoms with Gasteiger partial charge in [0.05, 0.1) is 24.0 Å². The number of rotatable bonds is 7. The van der Waals surface area contributed by atoms with Crippen molar-refractivity contribution >= 4 is 27.3 Å². The molecule has 0 aliphatic carbocycles. The molecule has 0 aromatic heterocycles. The van der Waals surface area contributed by atoms with Crippen molar-refractivity contribution in [2.24, 2.45) is 0 Å². The number of amides is 1. The summed E-state index contributed by atoms with van der Waals surface area (Å²) >= 11 is 0. The molecule has 2 unspecified atom stereocenters. The van der Waals surface area contributed by atoms with Gasteiger partial charge >= 0.3 is 0 Å². The molecule has 1 aliphatic rings. The SMILES string of the molecule is CCC(C)N(CC)C(CC)S(=O)(=O)N1C[C@H](C)N(C(C)=O)c2ccccc21. The molecule has 1 aliphatic heterocycles. The predicted molar refractivity (Wildman–Crippen MR) is 112 cm³/mol. The molecular formula is C20H33N3O3S. The Morgan fingerprint density at radius 2 is 1.78 bits per heavy atom. The number of hydrogen-bond acceptors (Lipinski definition) is 4. The average molecular weight is 396 g/mol. The molecule has 1 aromatic carbocycles. The zero-order valence-electron chi connectivity index (χ0n) is 17.3. The van der Waals surface area contributed by atoms with E-state index < -0.39 is 15.4 Å². The zero-order chi connectivity index (χ0) is 20.4. The van der Waals surface area contributed by atoms with Crippen LogP contribution in [0.2, 0.25) is 0 Å². The highest BCUT2D eigenvalue weighted by Gasteiger charge is 2.41. The van der Waals surface area contributed by atoms with Crippen LogP contribution in [0, 0.1) is 0 Å². The van der Waals surface area contributed by atoms with Crippen molar-refractivity contribution in [3.63, 3.8) is 0 Å². The van der Waals surface area contributed by atoms with Gasteiger partial charge in [-0.25, -0.2) is 8.42 Å². The lowest BCUT2D eigenvalue weighted by Crippen LogP contribution is -2.56. The predicted octanol–water partition coefficient (Wildman–Crippen LogP) is 3.43. The van der Waals surface area contributed by atoms with E-state index in [9.17, 15) is 13.2 Å². The van der Waals surface area contributed by atoms with Gasteiger partial charge < -0.3 is 4.90 Å². The molecule has 0 N–H and O–H groups in total. The number of para-hydroxylation sites is 2. The van der Waals surface area contributed by atoms with Crippen molar-refractivity contribution in [1.82, 2.24) is 4.90 Å². The molecule has 0 spiro atoms. The normalized spacial score (nSPS) is 19.7. The third kappa shape index (κ3) is 3.99. The number of sulfonamides is 1. The van der Waals surface area contributed by atoms with E-state index in [1.807, 2.05) is 39.0 Å². The van der Waals surface area contributed by atoms with E-state index in [0.29, 0.717) is 24.3 Å². The Morgan fingerprint density at radius 3 is 2.26 bits per heavy atom. The molecule has 2 rings (SSSR count). The second-order valence-electron chi connectivity index (χ2n) is 7.25. The smallest absolute Gasteiger partial charge is 0.251 e. The van der Waals surface area contributed by atoms with Crippen LogP contribution < -0.4 is 9.21 Å². The lowest BCUT2D eigenvalue weighted by atomic mass is 10.1. The summed E-state index contributed by atoms with van der Waals surface area (Å²) in [5.74, 6) is -0.0752. The van der Waals surface area contributed by atoms with Crippen LogP contribution in [0.1, 0.15) is 54.4 Å². The van der Waals surface area contributed by atoms with Crippen LogP contribution in [-0.4, -0.2) is 49.8 Å². The minimum absolute atomic E-state index is 0.0752. The first-order chi connectivity index (χ1) is 12.7. The van der Waals surface area contributed by atoms with Gasteiger partial charge in [0.2, 0.25) is 5.91 Å². The topological polar surface area (TPSA) is 60.9 Å². The zero-order valence-corrected chi connectivity index (χ0v) is 18.2. The fourth-order valence-corrected chi connectivity index (χ4v) is 6.32. The summed E-state index contributed by atoms with van der Waals surface area (Å²) in [7, 11) is -3.61. The minimum atomic E-state index is -3.61. The Bertz CT molecular complexity index is 765. The van der Waals surface area contributed by atoms with Gasteiger partial charge in [-0.2, -0.15) is 0 Å². The maximum absolute atomic E-state index is 13.7. The summed E-state index contributed by atoms with van der Waals surface area (Å²) in [6, 6.07) is 7.24. The molecule has 6 nitrogen and oxygen atoms in total. The number of benzene rings is 1. The van der Waals surface area contributed by atoms with E-state index in [-0.39, 0.29) is 24.5 Å². The number of carbonyl (C=O) groups excluding carboxylic acids is 1. The third-order valence-electron chi connectivity index (χ3n) is 5.51. The summed E-state index contributed by atoms with van der Waals surface area (Å²) in [6.07, 6.45) is 1.41. The van der Waals surface area contributed by atoms with E-state index in [0.717, 1.165) is 6.42 Å². The van der Waals surface area contributed by atoms with Crippen LogP contribution in [0.3, 0.4) is 0 Å². The number of anilines is 2. The van der Waals surface area contributed by atoms with Crippen LogP contribution in [0.15, 0.2) is 24.3 Å². The molecule has 0 saturated heterocycles. The molecule has 1 heterocycles. The highest BCUT2D eigenvalue weighted by Crippen LogP contribution is 2.38. The number of hydrogen-bond donors (Lipinski definition) is 0. The maximum atomic E-state index is 13.7. The molecule has 0 radical (unpaired) electrons. The van der Waals surface area contributed by atoms with E-state index in [2.05, 4.69) is 18.7 Å². The molecular weight excluding hydrogens is 362 g/mol. The van der Waals surface area contributed by atoms with Crippen LogP contribution in [0.4, 0.5) is 11.4 Å². The molecule has 7 heteroatoms. The Hall–Kier alpha value is -1.60. The fraction of sp³-hybridized carbons (Fsp3) is 0.650. The number of nitrogens with zero attached hydrogens (tertiary/aromatic N) is 3. The Balaban J connectivity index is 2.54. The van der Waals surface area contributed by atoms with Crippen LogP contribution in [0.5, 0.6) is 0 Å². The van der Waals surface area contributed by atoms with Gasteiger partial charge in [-0.1, -0.05) is 32.9 Å². The monoisotopic (exact) mass is 395 g/mol. The van der Waals surface area contributed by atoms with E-state index in [4.69, 9.17) is 0 Å². The molecule has 0 saturated carbocycles. The van der Waals surface area contributed by atoms with Gasteiger partial charge in [0.25, 0.3) is 10.0 Å². The molecule has 3 atom stereocenters. The first kappa shape index (κ1) is 21.7. The molecule has 1 amide bonds. The van der Waals surface area contributed by atoms with Crippen molar-refractivity contribution in [2.45, 2.75) is 71.8 Å². The Kier molecular flexibility index (Phi) is 6.92. The summed E-state index contributed by atoms with van der Waals surface area (Å²) in [5, 5.41) is -0.582. The van der Waals surface area contributed by atoms with Gasteiger partial charge in [0.1, 0.15) is 5.37 Å². The van der Waals surface area contributed by atoms with E-state index in [1.165, 1.54) is 11.2 Å². The van der Waals surface area contributed by atoms with Gasteiger partial charge in [0.15, 0.2) is 0 Å². The second kappa shape index (κ2) is 8.61. The Labute approximate surface area is 164 Å².